The Labute approximate surface area is 221 Å². The third-order valence-corrected chi connectivity index (χ3v) is 6.49. The van der Waals surface area contributed by atoms with Crippen LogP contribution >= 0.6 is 0 Å². The minimum atomic E-state index is -0.874. The molecule has 1 aromatic carbocycles. The molecule has 4 heterocycles. The maximum Gasteiger partial charge on any atom is 0.257 e. The van der Waals surface area contributed by atoms with E-state index < -0.39 is 23.2 Å². The molecular formula is C25H25F2N9O3. The van der Waals surface area contributed by atoms with E-state index in [4.69, 9.17) is 4.74 Å². The lowest BCUT2D eigenvalue weighted by Gasteiger charge is -2.48. The quantitative estimate of drug-likeness (QED) is 0.394. The van der Waals surface area contributed by atoms with E-state index in [1.54, 1.807) is 22.4 Å². The first kappa shape index (κ1) is 26.0. The number of hydrogen-bond acceptors (Lipinski definition) is 9. The van der Waals surface area contributed by atoms with Crippen molar-refractivity contribution in [3.63, 3.8) is 0 Å². The zero-order valence-electron chi connectivity index (χ0n) is 21.4. The number of nitrogens with zero attached hydrogens (tertiary/aromatic N) is 8. The van der Waals surface area contributed by atoms with Crippen molar-refractivity contribution in [3.8, 4) is 11.6 Å². The topological polar surface area (TPSA) is 131 Å². The number of anilines is 1. The molecule has 1 fully saturated rings. The lowest BCUT2D eigenvalue weighted by Crippen LogP contribution is -2.63. The summed E-state index contributed by atoms with van der Waals surface area (Å²) in [5.41, 5.74) is -0.150. The normalized spacial score (nSPS) is 16.2. The number of carbonyl (C=O) groups is 2. The summed E-state index contributed by atoms with van der Waals surface area (Å²) >= 11 is 0. The highest BCUT2D eigenvalue weighted by atomic mass is 19.1. The molecule has 12 nitrogen and oxygen atoms in total. The van der Waals surface area contributed by atoms with E-state index in [-0.39, 0.29) is 29.3 Å². The maximum atomic E-state index is 13.8. The zero-order valence-corrected chi connectivity index (χ0v) is 21.4. The van der Waals surface area contributed by atoms with Crippen LogP contribution in [-0.2, 0) is 4.79 Å². The Morgan fingerprint density at radius 1 is 1.10 bits per heavy atom. The number of aromatic nitrogens is 6. The second-order valence-corrected chi connectivity index (χ2v) is 9.70. The van der Waals surface area contributed by atoms with Crippen molar-refractivity contribution >= 4 is 23.4 Å². The number of hydrogen-bond donors (Lipinski definition) is 1. The number of piperazine rings is 1. The van der Waals surface area contributed by atoms with Gasteiger partial charge in [-0.1, -0.05) is 0 Å². The highest BCUT2D eigenvalue weighted by Crippen LogP contribution is 2.26. The molecule has 14 heteroatoms. The van der Waals surface area contributed by atoms with Crippen LogP contribution in [0.25, 0.3) is 5.78 Å². The van der Waals surface area contributed by atoms with Gasteiger partial charge in [0.2, 0.25) is 11.8 Å². The SMILES string of the molecule is C[C@H](C(=O)Nc1cnc(Oc2ccc(F)cc2F)cn1)N1CCN(C(=O)c2cnc3nncn3c2)C(C)(C)C1. The van der Waals surface area contributed by atoms with Crippen LogP contribution in [-0.4, -0.2) is 82.4 Å². The first-order valence-electron chi connectivity index (χ1n) is 12.1. The molecule has 5 rings (SSSR count). The van der Waals surface area contributed by atoms with Gasteiger partial charge >= 0.3 is 0 Å². The predicted octanol–water partition coefficient (Wildman–Crippen LogP) is 2.55. The molecule has 1 N–H and O–H groups in total. The average Bonchev–Trinajstić information content (AvgIpc) is 3.38. The van der Waals surface area contributed by atoms with Gasteiger partial charge in [0, 0.05) is 38.1 Å². The summed E-state index contributed by atoms with van der Waals surface area (Å²) in [5, 5.41) is 10.4. The number of fused-ring (bicyclic) bond motifs is 1. The van der Waals surface area contributed by atoms with Crippen LogP contribution in [0, 0.1) is 11.6 Å². The van der Waals surface area contributed by atoms with Crippen LogP contribution in [0.15, 0.2) is 49.3 Å². The largest absolute Gasteiger partial charge is 0.434 e. The van der Waals surface area contributed by atoms with Crippen LogP contribution in [0.5, 0.6) is 11.6 Å². The first-order valence-corrected chi connectivity index (χ1v) is 12.1. The molecule has 1 atom stereocenters. The summed E-state index contributed by atoms with van der Waals surface area (Å²) < 4.78 is 33.8. The Kier molecular flexibility index (Phi) is 6.87. The Morgan fingerprint density at radius 3 is 2.64 bits per heavy atom. The number of nitrogens with one attached hydrogen (secondary N) is 1. The maximum absolute atomic E-state index is 13.8. The van der Waals surface area contributed by atoms with Crippen molar-refractivity contribution < 1.29 is 23.1 Å². The summed E-state index contributed by atoms with van der Waals surface area (Å²) in [5.74, 6) is -1.70. The molecule has 202 valence electrons. The van der Waals surface area contributed by atoms with Crippen molar-refractivity contribution in [1.82, 2.24) is 39.3 Å². The van der Waals surface area contributed by atoms with Crippen molar-refractivity contribution in [2.24, 2.45) is 0 Å². The minimum Gasteiger partial charge on any atom is -0.434 e. The Bertz CT molecular complexity index is 1530. The van der Waals surface area contributed by atoms with Crippen LogP contribution in [0.3, 0.4) is 0 Å². The standard InChI is InChI=1S/C25H25F2N9O3/c1-15(22(37)32-20-10-29-21(11-28-20)39-19-5-4-17(26)8-18(19)27)34-6-7-36(25(2,3)13-34)23(38)16-9-30-24-33-31-14-35(24)12-16/h4-5,8-12,14-15H,6-7,13H2,1-3H3,(H,28,32,37)/t15-/m1/s1. The predicted molar refractivity (Wildman–Crippen MR) is 134 cm³/mol. The molecule has 2 amide bonds. The molecule has 39 heavy (non-hydrogen) atoms. The minimum absolute atomic E-state index is 0.0206. The van der Waals surface area contributed by atoms with Gasteiger partial charge in [-0.2, -0.15) is 0 Å². The van der Waals surface area contributed by atoms with Gasteiger partial charge < -0.3 is 15.0 Å². The number of amides is 2. The Balaban J connectivity index is 1.19. The van der Waals surface area contributed by atoms with Gasteiger partial charge in [0.25, 0.3) is 11.7 Å². The second-order valence-electron chi connectivity index (χ2n) is 9.70. The second kappa shape index (κ2) is 10.3. The van der Waals surface area contributed by atoms with E-state index in [0.717, 1.165) is 12.1 Å². The van der Waals surface area contributed by atoms with Crippen LogP contribution in [0.4, 0.5) is 14.6 Å². The van der Waals surface area contributed by atoms with E-state index in [9.17, 15) is 18.4 Å². The lowest BCUT2D eigenvalue weighted by atomic mass is 9.96. The molecule has 3 aromatic heterocycles. The van der Waals surface area contributed by atoms with Crippen molar-refractivity contribution in [2.75, 3.05) is 25.0 Å². The Hall–Kier alpha value is -4.59. The molecule has 1 aliphatic heterocycles. The van der Waals surface area contributed by atoms with Crippen LogP contribution in [0.2, 0.25) is 0 Å². The van der Waals surface area contributed by atoms with E-state index >= 15 is 0 Å². The van der Waals surface area contributed by atoms with E-state index in [1.807, 2.05) is 18.7 Å². The van der Waals surface area contributed by atoms with E-state index in [0.29, 0.717) is 37.0 Å². The third-order valence-electron chi connectivity index (χ3n) is 6.49. The molecular weight excluding hydrogens is 512 g/mol. The fourth-order valence-electron chi connectivity index (χ4n) is 4.40. The van der Waals surface area contributed by atoms with E-state index in [2.05, 4.69) is 30.5 Å². The summed E-state index contributed by atoms with van der Waals surface area (Å²) in [6, 6.07) is 2.38. The molecule has 0 saturated carbocycles. The first-order chi connectivity index (χ1) is 18.6. The van der Waals surface area contributed by atoms with Gasteiger partial charge in [-0.05, 0) is 32.9 Å². The fraction of sp³-hybridized carbons (Fsp3) is 0.320. The van der Waals surface area contributed by atoms with Gasteiger partial charge in [-0.3, -0.25) is 18.9 Å². The van der Waals surface area contributed by atoms with Crippen molar-refractivity contribution in [1.29, 1.82) is 0 Å². The van der Waals surface area contributed by atoms with Crippen LogP contribution in [0.1, 0.15) is 31.1 Å². The van der Waals surface area contributed by atoms with Gasteiger partial charge in [0.05, 0.1) is 29.5 Å². The molecule has 0 spiro atoms. The smallest absolute Gasteiger partial charge is 0.257 e. The zero-order chi connectivity index (χ0) is 27.7. The monoisotopic (exact) mass is 537 g/mol. The van der Waals surface area contributed by atoms with Gasteiger partial charge in [0.1, 0.15) is 12.1 Å². The highest BCUT2D eigenvalue weighted by molar-refractivity contribution is 5.95. The third kappa shape index (κ3) is 5.50. The lowest BCUT2D eigenvalue weighted by molar-refractivity contribution is -0.122. The highest BCUT2D eigenvalue weighted by Gasteiger charge is 2.40. The molecule has 1 aliphatic rings. The van der Waals surface area contributed by atoms with Crippen molar-refractivity contribution in [3.05, 3.63) is 66.5 Å². The average molecular weight is 538 g/mol. The van der Waals surface area contributed by atoms with Gasteiger partial charge in [-0.25, -0.2) is 23.7 Å². The van der Waals surface area contributed by atoms with Gasteiger partial charge in [-0.15, -0.1) is 10.2 Å². The van der Waals surface area contributed by atoms with Crippen molar-refractivity contribution in [2.45, 2.75) is 32.4 Å². The summed E-state index contributed by atoms with van der Waals surface area (Å²) in [7, 11) is 0. The summed E-state index contributed by atoms with van der Waals surface area (Å²) in [4.78, 5) is 42.3. The number of carbonyl (C=O) groups excluding carboxylic acids is 2. The molecule has 0 unspecified atom stereocenters. The molecule has 0 radical (unpaired) electrons. The number of ether oxygens (including phenoxy) is 1. The molecule has 0 bridgehead atoms. The number of halogens is 2. The molecule has 1 saturated heterocycles. The number of benzene rings is 1. The molecule has 4 aromatic rings. The Morgan fingerprint density at radius 2 is 1.92 bits per heavy atom. The van der Waals surface area contributed by atoms with E-state index in [1.165, 1.54) is 24.9 Å². The van der Waals surface area contributed by atoms with Gasteiger partial charge in [0.15, 0.2) is 17.4 Å². The van der Waals surface area contributed by atoms with Crippen LogP contribution < -0.4 is 10.1 Å². The fourth-order valence-corrected chi connectivity index (χ4v) is 4.40. The summed E-state index contributed by atoms with van der Waals surface area (Å²) in [6.07, 6.45) is 7.12. The number of rotatable bonds is 6. The summed E-state index contributed by atoms with van der Waals surface area (Å²) in [6.45, 7) is 7.01. The molecule has 0 aliphatic carbocycles.